The number of carbonyl (C=O) groups excluding carboxylic acids is 1. The fourth-order valence-corrected chi connectivity index (χ4v) is 3.59. The predicted octanol–water partition coefficient (Wildman–Crippen LogP) is 4.17. The number of benzene rings is 1. The Morgan fingerprint density at radius 2 is 1.75 bits per heavy atom. The fourth-order valence-electron chi connectivity index (χ4n) is 2.55. The number of fused-ring (bicyclic) bond motifs is 1. The molecule has 0 unspecified atom stereocenters. The standard InChI is InChI=1S/C19H13N3OS/c20-16-13-9-10-14(12-6-2-1-3-7-12)22-19(13)24-18(16)17(23)15-8-4-5-11-21-15/h1-11H,20H2. The van der Waals surface area contributed by atoms with Gasteiger partial charge in [0.05, 0.1) is 11.4 Å². The molecule has 0 aliphatic heterocycles. The maximum atomic E-state index is 12.6. The van der Waals surface area contributed by atoms with Crippen molar-refractivity contribution in [3.63, 3.8) is 0 Å². The molecule has 0 fully saturated rings. The smallest absolute Gasteiger partial charge is 0.223 e. The van der Waals surface area contributed by atoms with Gasteiger partial charge >= 0.3 is 0 Å². The molecular weight excluding hydrogens is 318 g/mol. The van der Waals surface area contributed by atoms with Crippen LogP contribution in [0, 0.1) is 0 Å². The Labute approximate surface area is 142 Å². The first-order chi connectivity index (χ1) is 11.7. The van der Waals surface area contributed by atoms with Gasteiger partial charge in [0.1, 0.15) is 15.4 Å². The first-order valence-electron chi connectivity index (χ1n) is 7.44. The highest BCUT2D eigenvalue weighted by atomic mass is 32.1. The average molecular weight is 331 g/mol. The number of anilines is 1. The van der Waals surface area contributed by atoms with Crippen LogP contribution in [0.1, 0.15) is 15.4 Å². The minimum atomic E-state index is -0.169. The molecule has 3 aromatic heterocycles. The summed E-state index contributed by atoms with van der Waals surface area (Å²) in [5, 5.41) is 0.805. The van der Waals surface area contributed by atoms with Gasteiger partial charge in [-0.25, -0.2) is 4.98 Å². The van der Waals surface area contributed by atoms with E-state index in [1.165, 1.54) is 11.3 Å². The number of aromatic nitrogens is 2. The van der Waals surface area contributed by atoms with E-state index in [9.17, 15) is 4.79 Å². The molecule has 5 heteroatoms. The van der Waals surface area contributed by atoms with Crippen LogP contribution in [0.4, 0.5) is 5.69 Å². The predicted molar refractivity (Wildman–Crippen MR) is 97.1 cm³/mol. The average Bonchev–Trinajstić information content (AvgIpc) is 2.99. The van der Waals surface area contributed by atoms with Gasteiger partial charge in [-0.15, -0.1) is 11.3 Å². The number of ketones is 1. The molecule has 0 spiro atoms. The number of hydrogen-bond acceptors (Lipinski definition) is 5. The summed E-state index contributed by atoms with van der Waals surface area (Å²) in [6.07, 6.45) is 1.60. The summed E-state index contributed by atoms with van der Waals surface area (Å²) in [6, 6.07) is 19.0. The van der Waals surface area contributed by atoms with Gasteiger partial charge in [0.25, 0.3) is 0 Å². The Bertz CT molecular complexity index is 1030. The molecule has 3 heterocycles. The van der Waals surface area contributed by atoms with Gasteiger partial charge in [-0.3, -0.25) is 9.78 Å². The van der Waals surface area contributed by atoms with Gasteiger partial charge in [0, 0.05) is 17.1 Å². The summed E-state index contributed by atoms with van der Waals surface area (Å²) >= 11 is 1.31. The highest BCUT2D eigenvalue weighted by Crippen LogP contribution is 2.35. The third-order valence-corrected chi connectivity index (χ3v) is 4.88. The molecule has 4 nitrogen and oxygen atoms in total. The molecule has 0 saturated carbocycles. The summed E-state index contributed by atoms with van der Waals surface area (Å²) in [6.45, 7) is 0. The van der Waals surface area contributed by atoms with E-state index >= 15 is 0 Å². The van der Waals surface area contributed by atoms with E-state index in [2.05, 4.69) is 9.97 Å². The summed E-state index contributed by atoms with van der Waals surface area (Å²) in [5.41, 5.74) is 8.94. The topological polar surface area (TPSA) is 68.9 Å². The number of rotatable bonds is 3. The van der Waals surface area contributed by atoms with E-state index in [1.54, 1.807) is 24.4 Å². The van der Waals surface area contributed by atoms with Crippen LogP contribution in [0.5, 0.6) is 0 Å². The van der Waals surface area contributed by atoms with Crippen molar-refractivity contribution >= 4 is 33.0 Å². The van der Waals surface area contributed by atoms with Crippen LogP contribution in [0.15, 0.2) is 66.9 Å². The van der Waals surface area contributed by atoms with E-state index in [-0.39, 0.29) is 5.78 Å². The molecule has 0 bridgehead atoms. The van der Waals surface area contributed by atoms with Gasteiger partial charge in [-0.2, -0.15) is 0 Å². The van der Waals surface area contributed by atoms with Crippen molar-refractivity contribution in [2.24, 2.45) is 0 Å². The van der Waals surface area contributed by atoms with Crippen LogP contribution < -0.4 is 5.73 Å². The maximum Gasteiger partial charge on any atom is 0.223 e. The van der Waals surface area contributed by atoms with Crippen LogP contribution in [0.25, 0.3) is 21.5 Å². The van der Waals surface area contributed by atoms with E-state index in [4.69, 9.17) is 5.73 Å². The molecule has 0 aliphatic carbocycles. The molecule has 4 aromatic rings. The molecule has 4 rings (SSSR count). The van der Waals surface area contributed by atoms with Crippen LogP contribution in [0.2, 0.25) is 0 Å². The minimum absolute atomic E-state index is 0.169. The highest BCUT2D eigenvalue weighted by Gasteiger charge is 2.19. The Morgan fingerprint density at radius 1 is 0.958 bits per heavy atom. The molecule has 0 atom stereocenters. The molecular formula is C19H13N3OS. The van der Waals surface area contributed by atoms with Crippen molar-refractivity contribution < 1.29 is 4.79 Å². The lowest BCUT2D eigenvalue weighted by atomic mass is 10.1. The van der Waals surface area contributed by atoms with Crippen LogP contribution in [0.3, 0.4) is 0 Å². The van der Waals surface area contributed by atoms with E-state index < -0.39 is 0 Å². The molecule has 0 radical (unpaired) electrons. The van der Waals surface area contributed by atoms with Crippen molar-refractivity contribution in [3.05, 3.63) is 77.4 Å². The second-order valence-corrected chi connectivity index (χ2v) is 6.30. The number of nitrogens with zero attached hydrogens (tertiary/aromatic N) is 2. The third-order valence-electron chi connectivity index (χ3n) is 3.77. The van der Waals surface area contributed by atoms with Crippen molar-refractivity contribution in [2.75, 3.05) is 5.73 Å². The van der Waals surface area contributed by atoms with Gasteiger partial charge in [0.15, 0.2) is 0 Å². The normalized spacial score (nSPS) is 10.8. The minimum Gasteiger partial charge on any atom is -0.397 e. The first-order valence-corrected chi connectivity index (χ1v) is 8.26. The SMILES string of the molecule is Nc1c(C(=O)c2ccccn2)sc2nc(-c3ccccc3)ccc12. The first kappa shape index (κ1) is 14.5. The molecule has 0 aliphatic rings. The van der Waals surface area contributed by atoms with Crippen molar-refractivity contribution in [2.45, 2.75) is 0 Å². The number of nitrogen functional groups attached to an aromatic ring is 1. The fraction of sp³-hybridized carbons (Fsp3) is 0. The quantitative estimate of drug-likeness (QED) is 0.572. The Kier molecular flexibility index (Phi) is 3.55. The second kappa shape index (κ2) is 5.86. The summed E-state index contributed by atoms with van der Waals surface area (Å²) in [4.78, 5) is 22.7. The lowest BCUT2D eigenvalue weighted by Crippen LogP contribution is -2.03. The van der Waals surface area contributed by atoms with Crippen molar-refractivity contribution in [1.82, 2.24) is 9.97 Å². The monoisotopic (exact) mass is 331 g/mol. The van der Waals surface area contributed by atoms with Gasteiger partial charge < -0.3 is 5.73 Å². The Morgan fingerprint density at radius 3 is 2.50 bits per heavy atom. The lowest BCUT2D eigenvalue weighted by molar-refractivity contribution is 0.103. The second-order valence-electron chi connectivity index (χ2n) is 5.30. The molecule has 0 saturated heterocycles. The zero-order chi connectivity index (χ0) is 16.5. The van der Waals surface area contributed by atoms with Crippen LogP contribution in [-0.2, 0) is 0 Å². The number of thiophene rings is 1. The summed E-state index contributed by atoms with van der Waals surface area (Å²) in [7, 11) is 0. The van der Waals surface area contributed by atoms with Crippen molar-refractivity contribution in [1.29, 1.82) is 0 Å². The third kappa shape index (κ3) is 2.45. The van der Waals surface area contributed by atoms with E-state index in [1.807, 2.05) is 42.5 Å². The highest BCUT2D eigenvalue weighted by molar-refractivity contribution is 7.21. The van der Waals surface area contributed by atoms with Gasteiger partial charge in [-0.05, 0) is 24.3 Å². The number of carbonyl (C=O) groups is 1. The maximum absolute atomic E-state index is 12.6. The largest absolute Gasteiger partial charge is 0.397 e. The van der Waals surface area contributed by atoms with Crippen LogP contribution >= 0.6 is 11.3 Å². The number of pyridine rings is 2. The van der Waals surface area contributed by atoms with Crippen LogP contribution in [-0.4, -0.2) is 15.8 Å². The number of nitrogens with two attached hydrogens (primary N) is 1. The Hall–Kier alpha value is -3.05. The van der Waals surface area contributed by atoms with Gasteiger partial charge in [-0.1, -0.05) is 36.4 Å². The molecule has 0 amide bonds. The lowest BCUT2D eigenvalue weighted by Gasteiger charge is -2.00. The zero-order valence-electron chi connectivity index (χ0n) is 12.6. The zero-order valence-corrected chi connectivity index (χ0v) is 13.5. The van der Waals surface area contributed by atoms with Gasteiger partial charge in [0.2, 0.25) is 5.78 Å². The number of hydrogen-bond donors (Lipinski definition) is 1. The molecule has 24 heavy (non-hydrogen) atoms. The van der Waals surface area contributed by atoms with E-state index in [0.29, 0.717) is 16.3 Å². The molecule has 1 aromatic carbocycles. The van der Waals surface area contributed by atoms with E-state index in [0.717, 1.165) is 21.5 Å². The summed E-state index contributed by atoms with van der Waals surface area (Å²) in [5.74, 6) is -0.169. The Balaban J connectivity index is 1.82. The summed E-state index contributed by atoms with van der Waals surface area (Å²) < 4.78 is 0. The molecule has 2 N–H and O–H groups in total. The molecule has 116 valence electrons. The van der Waals surface area contributed by atoms with Crippen molar-refractivity contribution in [3.8, 4) is 11.3 Å².